The lowest BCUT2D eigenvalue weighted by Crippen LogP contribution is -2.36. The minimum atomic E-state index is -0.368. The van der Waals surface area contributed by atoms with E-state index in [1.807, 2.05) is 53.7 Å². The molecule has 0 aliphatic rings. The predicted octanol–water partition coefficient (Wildman–Crippen LogP) is 5.05. The fraction of sp³-hybridized carbons (Fsp3) is 0.458. The summed E-state index contributed by atoms with van der Waals surface area (Å²) < 4.78 is 16.5. The van der Waals surface area contributed by atoms with Crippen LogP contribution in [0.3, 0.4) is 0 Å². The Morgan fingerprint density at radius 1 is 0.897 bits per heavy atom. The Bertz CT molecular complexity index is 784. The number of carbonyl (C=O) groups is 1. The molecule has 0 spiro atoms. The average Bonchev–Trinajstić information content (AvgIpc) is 2.69. The smallest absolute Gasteiger partial charge is 0.323 e. The number of carbonyl (C=O) groups excluding carboxylic acids is 1. The molecule has 5 heteroatoms. The van der Waals surface area contributed by atoms with Crippen LogP contribution < -0.4 is 14.8 Å². The van der Waals surface area contributed by atoms with E-state index in [1.54, 1.807) is 14.2 Å². The number of hydrogen-bond acceptors (Lipinski definition) is 5. The highest BCUT2D eigenvalue weighted by Gasteiger charge is 2.19. The molecule has 0 aromatic heterocycles. The van der Waals surface area contributed by atoms with E-state index in [9.17, 15) is 4.79 Å². The van der Waals surface area contributed by atoms with Gasteiger partial charge in [-0.2, -0.15) is 0 Å². The molecule has 0 bridgehead atoms. The monoisotopic (exact) mass is 401 g/mol. The van der Waals surface area contributed by atoms with Gasteiger partial charge in [-0.05, 0) is 81.1 Å². The largest absolute Gasteiger partial charge is 0.496 e. The highest BCUT2D eigenvalue weighted by Crippen LogP contribution is 2.34. The molecule has 5 nitrogen and oxygen atoms in total. The number of methoxy groups -OCH3 is 2. The number of ether oxygens (including phenoxy) is 3. The van der Waals surface area contributed by atoms with Crippen molar-refractivity contribution in [1.82, 2.24) is 5.32 Å². The van der Waals surface area contributed by atoms with E-state index in [4.69, 9.17) is 14.2 Å². The molecule has 0 aliphatic heterocycles. The summed E-state index contributed by atoms with van der Waals surface area (Å²) in [4.78, 5) is 11.8. The molecule has 0 heterocycles. The first-order valence-electron chi connectivity index (χ1n) is 9.99. The third kappa shape index (κ3) is 6.23. The van der Waals surface area contributed by atoms with Gasteiger partial charge in [0, 0.05) is 0 Å². The molecule has 1 atom stereocenters. The number of hydrogen-bond donors (Lipinski definition) is 1. The molecule has 2 aromatic carbocycles. The minimum Gasteiger partial charge on any atom is -0.496 e. The summed E-state index contributed by atoms with van der Waals surface area (Å²) in [7, 11) is 4.84. The van der Waals surface area contributed by atoms with Gasteiger partial charge in [-0.3, -0.25) is 4.79 Å². The topological polar surface area (TPSA) is 56.8 Å². The van der Waals surface area contributed by atoms with E-state index in [0.29, 0.717) is 6.42 Å². The fourth-order valence-electron chi connectivity index (χ4n) is 3.41. The minimum absolute atomic E-state index is 0.266. The van der Waals surface area contributed by atoms with Gasteiger partial charge in [0.1, 0.15) is 23.3 Å². The van der Waals surface area contributed by atoms with E-state index in [1.165, 1.54) is 7.11 Å². The van der Waals surface area contributed by atoms with Crippen LogP contribution in [0.2, 0.25) is 0 Å². The van der Waals surface area contributed by atoms with Gasteiger partial charge in [-0.15, -0.1) is 0 Å². The van der Waals surface area contributed by atoms with Gasteiger partial charge < -0.3 is 19.5 Å². The number of nitrogens with one attached hydrogen (secondary N) is 1. The number of rotatable bonds is 7. The molecular weight excluding hydrogens is 366 g/mol. The van der Waals surface area contributed by atoms with Crippen LogP contribution in [-0.4, -0.2) is 33.3 Å². The van der Waals surface area contributed by atoms with Gasteiger partial charge >= 0.3 is 5.97 Å². The summed E-state index contributed by atoms with van der Waals surface area (Å²) in [5, 5.41) is 3.00. The van der Waals surface area contributed by atoms with Crippen molar-refractivity contribution >= 4 is 5.97 Å². The van der Waals surface area contributed by atoms with E-state index in [2.05, 4.69) is 17.4 Å². The van der Waals surface area contributed by atoms with Crippen LogP contribution in [0.15, 0.2) is 24.3 Å². The Morgan fingerprint density at radius 2 is 1.38 bits per heavy atom. The van der Waals surface area contributed by atoms with Crippen molar-refractivity contribution in [2.75, 3.05) is 21.3 Å². The van der Waals surface area contributed by atoms with Gasteiger partial charge in [0.25, 0.3) is 0 Å². The van der Waals surface area contributed by atoms with Crippen molar-refractivity contribution < 1.29 is 19.0 Å². The Hall–Kier alpha value is -2.53. The molecule has 0 radical (unpaired) electrons. The van der Waals surface area contributed by atoms with Crippen molar-refractivity contribution in [1.29, 1.82) is 0 Å². The summed E-state index contributed by atoms with van der Waals surface area (Å²) in [5.74, 6) is 2.23. The maximum Gasteiger partial charge on any atom is 0.323 e. The molecule has 1 unspecified atom stereocenters. The third-order valence-corrected chi connectivity index (χ3v) is 4.65. The zero-order valence-electron chi connectivity index (χ0n) is 19.2. The number of aryl methyl sites for hydroxylation is 4. The summed E-state index contributed by atoms with van der Waals surface area (Å²) in [6.07, 6.45) is 0.561. The van der Waals surface area contributed by atoms with Gasteiger partial charge in [0.2, 0.25) is 0 Å². The molecule has 2 aromatic rings. The summed E-state index contributed by atoms with van der Waals surface area (Å²) >= 11 is 0. The van der Waals surface area contributed by atoms with Crippen LogP contribution in [0.25, 0.3) is 0 Å². The van der Waals surface area contributed by atoms with Crippen molar-refractivity contribution in [2.45, 2.75) is 54.0 Å². The molecule has 0 saturated heterocycles. The summed E-state index contributed by atoms with van der Waals surface area (Å²) in [5.41, 5.74) is 5.18. The first-order valence-corrected chi connectivity index (χ1v) is 9.99. The lowest BCUT2D eigenvalue weighted by molar-refractivity contribution is -0.142. The molecule has 29 heavy (non-hydrogen) atoms. The second-order valence-corrected chi connectivity index (χ2v) is 6.82. The number of esters is 1. The lowest BCUT2D eigenvalue weighted by Gasteiger charge is -2.18. The fourth-order valence-corrected chi connectivity index (χ4v) is 3.41. The van der Waals surface area contributed by atoms with Gasteiger partial charge in [0.05, 0.1) is 14.2 Å². The second-order valence-electron chi connectivity index (χ2n) is 6.82. The highest BCUT2D eigenvalue weighted by atomic mass is 16.5. The average molecular weight is 402 g/mol. The Balaban J connectivity index is 0.00000204. The van der Waals surface area contributed by atoms with Crippen molar-refractivity contribution in [3.8, 4) is 17.2 Å². The normalized spacial score (nSPS) is 11.2. The SMILES string of the molecule is CC.CNC(Cc1cc(C)c(Oc2cc(C)c(OC)c(C)c2)c(C)c1)C(=O)OC. The predicted molar refractivity (Wildman–Crippen MR) is 118 cm³/mol. The Kier molecular flexibility index (Phi) is 9.69. The Morgan fingerprint density at radius 3 is 1.79 bits per heavy atom. The zero-order valence-corrected chi connectivity index (χ0v) is 19.2. The molecule has 160 valence electrons. The standard InChI is InChI=1S/C22H29NO4.C2H6/c1-13-8-17(12-19(23-5)22(24)26-7)9-14(2)21(13)27-18-10-15(3)20(25-6)16(4)11-18;1-2/h8-11,19,23H,12H2,1-7H3;1-2H3. The molecular formula is C24H35NO4. The van der Waals surface area contributed by atoms with Crippen LogP contribution in [0.4, 0.5) is 0 Å². The first kappa shape index (κ1) is 24.5. The molecule has 0 aliphatic carbocycles. The second kappa shape index (κ2) is 11.5. The van der Waals surface area contributed by atoms with Gasteiger partial charge in [0.15, 0.2) is 0 Å². The van der Waals surface area contributed by atoms with E-state index in [0.717, 1.165) is 45.1 Å². The molecule has 2 rings (SSSR count). The first-order chi connectivity index (χ1) is 13.8. The summed E-state index contributed by atoms with van der Waals surface area (Å²) in [6.45, 7) is 12.0. The van der Waals surface area contributed by atoms with Crippen molar-refractivity contribution in [3.05, 3.63) is 52.1 Å². The van der Waals surface area contributed by atoms with E-state index >= 15 is 0 Å². The Labute approximate surface area is 175 Å². The zero-order chi connectivity index (χ0) is 22.1. The van der Waals surface area contributed by atoms with Crippen molar-refractivity contribution in [2.24, 2.45) is 0 Å². The quantitative estimate of drug-likeness (QED) is 0.658. The van der Waals surface area contributed by atoms with E-state index in [-0.39, 0.29) is 12.0 Å². The van der Waals surface area contributed by atoms with Crippen LogP contribution in [0.5, 0.6) is 17.2 Å². The number of benzene rings is 2. The maximum absolute atomic E-state index is 11.8. The summed E-state index contributed by atoms with van der Waals surface area (Å²) in [6, 6.07) is 7.70. The number of likely N-dealkylation sites (N-methyl/N-ethyl adjacent to an activating group) is 1. The maximum atomic E-state index is 11.8. The third-order valence-electron chi connectivity index (χ3n) is 4.65. The molecule has 1 N–H and O–H groups in total. The van der Waals surface area contributed by atoms with Gasteiger partial charge in [-0.25, -0.2) is 0 Å². The van der Waals surface area contributed by atoms with Gasteiger partial charge in [-0.1, -0.05) is 26.0 Å². The molecule has 0 fully saturated rings. The van der Waals surface area contributed by atoms with Crippen LogP contribution in [0.1, 0.15) is 41.7 Å². The van der Waals surface area contributed by atoms with Crippen LogP contribution >= 0.6 is 0 Å². The van der Waals surface area contributed by atoms with E-state index < -0.39 is 0 Å². The van der Waals surface area contributed by atoms with Crippen LogP contribution in [0, 0.1) is 27.7 Å². The lowest BCUT2D eigenvalue weighted by atomic mass is 10.00. The van der Waals surface area contributed by atoms with Crippen molar-refractivity contribution in [3.63, 3.8) is 0 Å². The molecule has 0 saturated carbocycles. The van der Waals surface area contributed by atoms with Crippen LogP contribution in [-0.2, 0) is 16.0 Å². The molecule has 0 amide bonds. The highest BCUT2D eigenvalue weighted by molar-refractivity contribution is 5.76.